The van der Waals surface area contributed by atoms with Crippen molar-refractivity contribution in [3.05, 3.63) is 47.4 Å². The molecule has 0 aromatic heterocycles. The normalized spacial score (nSPS) is 21.3. The Balaban J connectivity index is 2.56. The minimum atomic E-state index is -0.946. The van der Waals surface area contributed by atoms with Crippen LogP contribution in [0.5, 0.6) is 11.5 Å². The van der Waals surface area contributed by atoms with Crippen molar-refractivity contribution in [1.29, 1.82) is 0 Å². The number of methoxy groups -OCH3 is 2. The first kappa shape index (κ1) is 15.0. The SMILES string of the molecule is COC1=C(O)C=CC(C(C)=O)(c2ccc(O)c(OC)c2)C1. The molecular formula is C16H18O5. The summed E-state index contributed by atoms with van der Waals surface area (Å²) >= 11 is 0. The van der Waals surface area contributed by atoms with Crippen LogP contribution in [0.2, 0.25) is 0 Å². The number of ketones is 1. The summed E-state index contributed by atoms with van der Waals surface area (Å²) in [7, 11) is 2.90. The number of carbonyl (C=O) groups excluding carboxylic acids is 1. The lowest BCUT2D eigenvalue weighted by molar-refractivity contribution is -0.121. The Bertz CT molecular complexity index is 630. The van der Waals surface area contributed by atoms with Gasteiger partial charge in [-0.25, -0.2) is 0 Å². The molecule has 0 amide bonds. The molecule has 21 heavy (non-hydrogen) atoms. The van der Waals surface area contributed by atoms with Crippen LogP contribution in [0.4, 0.5) is 0 Å². The third kappa shape index (κ3) is 2.46. The molecule has 2 N–H and O–H groups in total. The zero-order valence-electron chi connectivity index (χ0n) is 12.2. The maximum atomic E-state index is 12.3. The van der Waals surface area contributed by atoms with Crippen molar-refractivity contribution in [3.63, 3.8) is 0 Å². The van der Waals surface area contributed by atoms with E-state index >= 15 is 0 Å². The molecule has 0 fully saturated rings. The van der Waals surface area contributed by atoms with Crippen molar-refractivity contribution in [3.8, 4) is 11.5 Å². The minimum absolute atomic E-state index is 0.00472. The van der Waals surface area contributed by atoms with E-state index in [0.29, 0.717) is 17.1 Å². The van der Waals surface area contributed by atoms with Gasteiger partial charge in [-0.1, -0.05) is 12.1 Å². The lowest BCUT2D eigenvalue weighted by Crippen LogP contribution is -2.34. The Hall–Kier alpha value is -2.43. The van der Waals surface area contributed by atoms with Crippen LogP contribution in [-0.2, 0) is 14.9 Å². The Kier molecular flexibility index (Phi) is 3.93. The van der Waals surface area contributed by atoms with Crippen LogP contribution >= 0.6 is 0 Å². The smallest absolute Gasteiger partial charge is 0.160 e. The number of benzene rings is 1. The Morgan fingerprint density at radius 2 is 1.95 bits per heavy atom. The number of phenolic OH excluding ortho intramolecular Hbond substituents is 1. The maximum absolute atomic E-state index is 12.3. The first-order valence-corrected chi connectivity index (χ1v) is 6.48. The molecule has 112 valence electrons. The van der Waals surface area contributed by atoms with Crippen LogP contribution in [-0.4, -0.2) is 30.2 Å². The third-order valence-corrected chi connectivity index (χ3v) is 3.82. The molecule has 0 bridgehead atoms. The average molecular weight is 290 g/mol. The number of hydrogen-bond acceptors (Lipinski definition) is 5. The van der Waals surface area contributed by atoms with E-state index in [0.717, 1.165) is 0 Å². The summed E-state index contributed by atoms with van der Waals surface area (Å²) in [5.41, 5.74) is -0.276. The van der Waals surface area contributed by atoms with Crippen LogP contribution < -0.4 is 4.74 Å². The van der Waals surface area contributed by atoms with Crippen molar-refractivity contribution < 1.29 is 24.5 Å². The number of aliphatic hydroxyl groups is 1. The summed E-state index contributed by atoms with van der Waals surface area (Å²) in [5.74, 6) is 0.567. The average Bonchev–Trinajstić information content (AvgIpc) is 2.48. The predicted molar refractivity (Wildman–Crippen MR) is 77.4 cm³/mol. The second kappa shape index (κ2) is 5.52. The van der Waals surface area contributed by atoms with Crippen molar-refractivity contribution in [2.75, 3.05) is 14.2 Å². The van der Waals surface area contributed by atoms with E-state index in [1.165, 1.54) is 33.3 Å². The van der Waals surface area contributed by atoms with Crippen molar-refractivity contribution >= 4 is 5.78 Å². The fourth-order valence-electron chi connectivity index (χ4n) is 2.49. The number of hydrogen-bond donors (Lipinski definition) is 2. The largest absolute Gasteiger partial charge is 0.504 e. The number of aliphatic hydroxyl groups excluding tert-OH is 1. The summed E-state index contributed by atoms with van der Waals surface area (Å²) in [6.07, 6.45) is 3.33. The Labute approximate surface area is 123 Å². The molecule has 0 saturated carbocycles. The maximum Gasteiger partial charge on any atom is 0.160 e. The van der Waals surface area contributed by atoms with Gasteiger partial charge in [0, 0.05) is 6.42 Å². The molecule has 2 rings (SSSR count). The van der Waals surface area contributed by atoms with Crippen molar-refractivity contribution in [2.45, 2.75) is 18.8 Å². The lowest BCUT2D eigenvalue weighted by atomic mass is 9.71. The molecule has 1 aliphatic rings. The lowest BCUT2D eigenvalue weighted by Gasteiger charge is -2.32. The Morgan fingerprint density at radius 1 is 1.24 bits per heavy atom. The van der Waals surface area contributed by atoms with Gasteiger partial charge in [-0.15, -0.1) is 0 Å². The highest BCUT2D eigenvalue weighted by atomic mass is 16.5. The summed E-state index contributed by atoms with van der Waals surface area (Å²) in [6, 6.07) is 4.77. The van der Waals surface area contributed by atoms with E-state index in [2.05, 4.69) is 0 Å². The van der Waals surface area contributed by atoms with Gasteiger partial charge in [-0.3, -0.25) is 4.79 Å². The molecular weight excluding hydrogens is 272 g/mol. The molecule has 5 nitrogen and oxygen atoms in total. The van der Waals surface area contributed by atoms with Crippen molar-refractivity contribution in [1.82, 2.24) is 0 Å². The number of ether oxygens (including phenoxy) is 2. The van der Waals surface area contributed by atoms with E-state index in [1.54, 1.807) is 18.2 Å². The second-order valence-electron chi connectivity index (χ2n) is 4.94. The molecule has 0 spiro atoms. The van der Waals surface area contributed by atoms with Gasteiger partial charge < -0.3 is 19.7 Å². The van der Waals surface area contributed by atoms with Crippen molar-refractivity contribution in [2.24, 2.45) is 0 Å². The van der Waals surface area contributed by atoms with Crippen LogP contribution in [0.15, 0.2) is 41.9 Å². The molecule has 1 aromatic rings. The van der Waals surface area contributed by atoms with E-state index in [4.69, 9.17) is 9.47 Å². The second-order valence-corrected chi connectivity index (χ2v) is 4.94. The molecule has 0 saturated heterocycles. The van der Waals surface area contributed by atoms with Gasteiger partial charge in [0.1, 0.15) is 11.5 Å². The number of phenols is 1. The first-order valence-electron chi connectivity index (χ1n) is 6.48. The zero-order chi connectivity index (χ0) is 15.6. The molecule has 1 atom stereocenters. The van der Waals surface area contributed by atoms with Crippen LogP contribution in [0.3, 0.4) is 0 Å². The van der Waals surface area contributed by atoms with Gasteiger partial charge in [0.05, 0.1) is 19.6 Å². The number of Topliss-reactive ketones (excluding diaryl/α,β-unsaturated/α-hetero) is 1. The topological polar surface area (TPSA) is 76.0 Å². The quantitative estimate of drug-likeness (QED) is 0.891. The first-order chi connectivity index (χ1) is 9.94. The summed E-state index contributed by atoms with van der Waals surface area (Å²) in [4.78, 5) is 12.3. The molecule has 0 aliphatic heterocycles. The number of aromatic hydroxyl groups is 1. The third-order valence-electron chi connectivity index (χ3n) is 3.82. The number of rotatable bonds is 4. The van der Waals surface area contributed by atoms with Gasteiger partial charge in [0.25, 0.3) is 0 Å². The van der Waals surface area contributed by atoms with E-state index in [1.807, 2.05) is 0 Å². The fraction of sp³-hybridized carbons (Fsp3) is 0.312. The minimum Gasteiger partial charge on any atom is -0.504 e. The van der Waals surface area contributed by atoms with Crippen LogP contribution in [0.25, 0.3) is 0 Å². The highest BCUT2D eigenvalue weighted by molar-refractivity contribution is 5.91. The monoisotopic (exact) mass is 290 g/mol. The van der Waals surface area contributed by atoms with Gasteiger partial charge in [0.15, 0.2) is 17.3 Å². The zero-order valence-corrected chi connectivity index (χ0v) is 12.2. The Morgan fingerprint density at radius 3 is 2.52 bits per heavy atom. The van der Waals surface area contributed by atoms with E-state index in [9.17, 15) is 15.0 Å². The predicted octanol–water partition coefficient (Wildman–Crippen LogP) is 2.60. The van der Waals surface area contributed by atoms with Gasteiger partial charge >= 0.3 is 0 Å². The van der Waals surface area contributed by atoms with Crippen LogP contribution in [0.1, 0.15) is 18.9 Å². The molecule has 5 heteroatoms. The molecule has 0 radical (unpaired) electrons. The van der Waals surface area contributed by atoms with Gasteiger partial charge in [0.2, 0.25) is 0 Å². The summed E-state index contributed by atoms with van der Waals surface area (Å²) < 4.78 is 10.3. The highest BCUT2D eigenvalue weighted by Gasteiger charge is 2.39. The molecule has 1 unspecified atom stereocenters. The highest BCUT2D eigenvalue weighted by Crippen LogP contribution is 2.41. The van der Waals surface area contributed by atoms with Gasteiger partial charge in [-0.05, 0) is 30.7 Å². The van der Waals surface area contributed by atoms with E-state index in [-0.39, 0.29) is 23.7 Å². The number of allylic oxidation sites excluding steroid dienone is 3. The summed E-state index contributed by atoms with van der Waals surface area (Å²) in [6.45, 7) is 1.49. The van der Waals surface area contributed by atoms with Crippen LogP contribution in [0, 0.1) is 0 Å². The standard InChI is InChI=1S/C16H18O5/c1-10(17)16(7-6-13(19)15(9-16)21-3)11-4-5-12(18)14(8-11)20-2/h4-8,18-19H,9H2,1-3H3. The summed E-state index contributed by atoms with van der Waals surface area (Å²) in [5, 5.41) is 19.5. The molecule has 1 aliphatic carbocycles. The fourth-order valence-corrected chi connectivity index (χ4v) is 2.49. The number of carbonyl (C=O) groups is 1. The molecule has 1 aromatic carbocycles. The molecule has 0 heterocycles. The van der Waals surface area contributed by atoms with Gasteiger partial charge in [-0.2, -0.15) is 0 Å². The van der Waals surface area contributed by atoms with E-state index < -0.39 is 5.41 Å².